The van der Waals surface area contributed by atoms with E-state index in [0.29, 0.717) is 18.2 Å². The van der Waals surface area contributed by atoms with Gasteiger partial charge in [0.1, 0.15) is 0 Å². The summed E-state index contributed by atoms with van der Waals surface area (Å²) in [5.74, 6) is 0. The predicted octanol–water partition coefficient (Wildman–Crippen LogP) is 4.06. The fraction of sp³-hybridized carbons (Fsp3) is 0.600. The maximum Gasteiger partial charge on any atom is 0.0724 e. The zero-order valence-corrected chi connectivity index (χ0v) is 12.7. The summed E-state index contributed by atoms with van der Waals surface area (Å²) in [6, 6.07) is 9.36. The molecular formula is C15H22BrNO. The molecule has 0 radical (unpaired) electrons. The quantitative estimate of drug-likeness (QED) is 0.905. The van der Waals surface area contributed by atoms with Gasteiger partial charge in [0.15, 0.2) is 0 Å². The molecular weight excluding hydrogens is 290 g/mol. The summed E-state index contributed by atoms with van der Waals surface area (Å²) in [6.45, 7) is 2.23. The molecule has 0 aromatic heterocycles. The summed E-state index contributed by atoms with van der Waals surface area (Å²) in [4.78, 5) is 0. The summed E-state index contributed by atoms with van der Waals surface area (Å²) in [5, 5.41) is 3.72. The van der Waals surface area contributed by atoms with Gasteiger partial charge in [-0.1, -0.05) is 40.9 Å². The number of hydrogen-bond donors (Lipinski definition) is 1. The zero-order chi connectivity index (χ0) is 13.0. The summed E-state index contributed by atoms with van der Waals surface area (Å²) in [7, 11) is 1.83. The molecule has 2 nitrogen and oxygen atoms in total. The molecule has 1 fully saturated rings. The van der Waals surface area contributed by atoms with Gasteiger partial charge in [-0.15, -0.1) is 0 Å². The highest BCUT2D eigenvalue weighted by atomic mass is 79.9. The van der Waals surface area contributed by atoms with Gasteiger partial charge in [0.05, 0.1) is 6.10 Å². The Morgan fingerprint density at radius 1 is 1.33 bits per heavy atom. The fourth-order valence-corrected chi connectivity index (χ4v) is 3.18. The van der Waals surface area contributed by atoms with Crippen LogP contribution >= 0.6 is 15.9 Å². The van der Waals surface area contributed by atoms with Crippen molar-refractivity contribution in [3.05, 3.63) is 34.3 Å². The van der Waals surface area contributed by atoms with E-state index in [2.05, 4.69) is 52.4 Å². The van der Waals surface area contributed by atoms with Crippen LogP contribution in [-0.4, -0.2) is 19.3 Å². The molecule has 0 bridgehead atoms. The van der Waals surface area contributed by atoms with Crippen molar-refractivity contribution < 1.29 is 4.74 Å². The summed E-state index contributed by atoms with van der Waals surface area (Å²) < 4.78 is 6.73. The summed E-state index contributed by atoms with van der Waals surface area (Å²) in [6.07, 6.45) is 5.37. The van der Waals surface area contributed by atoms with Crippen LogP contribution in [0.3, 0.4) is 0 Å². The first-order chi connectivity index (χ1) is 8.70. The summed E-state index contributed by atoms with van der Waals surface area (Å²) >= 11 is 3.53. The molecule has 2 unspecified atom stereocenters. The topological polar surface area (TPSA) is 21.3 Å². The average Bonchev–Trinajstić information content (AvgIpc) is 2.39. The molecule has 1 aliphatic rings. The van der Waals surface area contributed by atoms with Crippen molar-refractivity contribution in [1.82, 2.24) is 5.32 Å². The molecule has 1 aromatic rings. The molecule has 1 aromatic carbocycles. The van der Waals surface area contributed by atoms with Crippen LogP contribution in [0.15, 0.2) is 28.7 Å². The van der Waals surface area contributed by atoms with Crippen LogP contribution in [0.5, 0.6) is 0 Å². The van der Waals surface area contributed by atoms with Gasteiger partial charge in [-0.3, -0.25) is 0 Å². The number of methoxy groups -OCH3 is 1. The average molecular weight is 312 g/mol. The molecule has 0 amide bonds. The predicted molar refractivity (Wildman–Crippen MR) is 78.7 cm³/mol. The molecule has 0 spiro atoms. The lowest BCUT2D eigenvalue weighted by molar-refractivity contribution is 0.0384. The zero-order valence-electron chi connectivity index (χ0n) is 11.2. The largest absolute Gasteiger partial charge is 0.380 e. The second kappa shape index (κ2) is 6.69. The smallest absolute Gasteiger partial charge is 0.0724 e. The van der Waals surface area contributed by atoms with E-state index in [-0.39, 0.29) is 0 Å². The van der Waals surface area contributed by atoms with Crippen molar-refractivity contribution >= 4 is 15.9 Å². The van der Waals surface area contributed by atoms with Gasteiger partial charge in [-0.25, -0.2) is 0 Å². The molecule has 1 saturated carbocycles. The van der Waals surface area contributed by atoms with Crippen LogP contribution in [0.25, 0.3) is 0 Å². The lowest BCUT2D eigenvalue weighted by Gasteiger charge is -2.33. The molecule has 1 N–H and O–H groups in total. The third kappa shape index (κ3) is 3.56. The van der Waals surface area contributed by atoms with Crippen LogP contribution in [0.4, 0.5) is 0 Å². The molecule has 18 heavy (non-hydrogen) atoms. The molecule has 3 atom stereocenters. The fourth-order valence-electron chi connectivity index (χ4n) is 2.76. The third-order valence-electron chi connectivity index (χ3n) is 3.82. The second-order valence-corrected chi connectivity index (χ2v) is 6.02. The molecule has 0 heterocycles. The summed E-state index contributed by atoms with van der Waals surface area (Å²) in [5.41, 5.74) is 1.32. The Labute approximate surface area is 118 Å². The minimum atomic E-state index is 0.364. The Morgan fingerprint density at radius 3 is 2.83 bits per heavy atom. The Morgan fingerprint density at radius 2 is 2.11 bits per heavy atom. The maximum absolute atomic E-state index is 5.59. The van der Waals surface area contributed by atoms with Gasteiger partial charge in [0.2, 0.25) is 0 Å². The normalized spacial score (nSPS) is 25.9. The van der Waals surface area contributed by atoms with Crippen LogP contribution in [0, 0.1) is 0 Å². The van der Waals surface area contributed by atoms with Crippen molar-refractivity contribution in [2.45, 2.75) is 50.8 Å². The van der Waals surface area contributed by atoms with Crippen molar-refractivity contribution in [2.24, 2.45) is 0 Å². The first-order valence-corrected chi connectivity index (χ1v) is 7.54. The number of nitrogens with one attached hydrogen (secondary N) is 1. The van der Waals surface area contributed by atoms with E-state index < -0.39 is 0 Å². The Hall–Kier alpha value is -0.380. The molecule has 3 heteroatoms. The van der Waals surface area contributed by atoms with E-state index in [1.165, 1.54) is 31.2 Å². The molecule has 0 aliphatic heterocycles. The Balaban J connectivity index is 1.99. The van der Waals surface area contributed by atoms with Crippen molar-refractivity contribution in [2.75, 3.05) is 7.11 Å². The van der Waals surface area contributed by atoms with Crippen molar-refractivity contribution in [3.8, 4) is 0 Å². The molecule has 100 valence electrons. The number of rotatable bonds is 4. The van der Waals surface area contributed by atoms with Gasteiger partial charge in [-0.05, 0) is 37.5 Å². The number of ether oxygens (including phenoxy) is 1. The molecule has 0 saturated heterocycles. The van der Waals surface area contributed by atoms with E-state index >= 15 is 0 Å². The van der Waals surface area contributed by atoms with Gasteiger partial charge < -0.3 is 10.1 Å². The number of hydrogen-bond acceptors (Lipinski definition) is 2. The van der Waals surface area contributed by atoms with Crippen molar-refractivity contribution in [1.29, 1.82) is 0 Å². The first-order valence-electron chi connectivity index (χ1n) is 6.75. The van der Waals surface area contributed by atoms with Crippen LogP contribution in [-0.2, 0) is 4.74 Å². The monoisotopic (exact) mass is 311 g/mol. The van der Waals surface area contributed by atoms with Crippen LogP contribution in [0.2, 0.25) is 0 Å². The first kappa shape index (κ1) is 14.0. The van der Waals surface area contributed by atoms with Gasteiger partial charge in [-0.2, -0.15) is 0 Å². The Kier molecular flexibility index (Phi) is 5.22. The lowest BCUT2D eigenvalue weighted by Crippen LogP contribution is -2.44. The lowest BCUT2D eigenvalue weighted by atomic mass is 9.91. The van der Waals surface area contributed by atoms with Gasteiger partial charge >= 0.3 is 0 Å². The standard InChI is InChI=1S/C15H22BrNO/c1-11(12-6-5-7-13(16)10-12)17-14-8-3-4-9-15(14)18-2/h5-7,10-11,14-15,17H,3-4,8-9H2,1-2H3/t11-,14?,15?/m0/s1. The number of halogens is 1. The van der Waals surface area contributed by atoms with Crippen LogP contribution in [0.1, 0.15) is 44.2 Å². The van der Waals surface area contributed by atoms with E-state index in [9.17, 15) is 0 Å². The van der Waals surface area contributed by atoms with E-state index in [1.807, 2.05) is 7.11 Å². The highest BCUT2D eigenvalue weighted by Crippen LogP contribution is 2.24. The SMILES string of the molecule is COC1CCCCC1N[C@@H](C)c1cccc(Br)c1. The minimum absolute atomic E-state index is 0.364. The number of benzene rings is 1. The van der Waals surface area contributed by atoms with Gasteiger partial charge in [0.25, 0.3) is 0 Å². The highest BCUT2D eigenvalue weighted by Gasteiger charge is 2.26. The van der Waals surface area contributed by atoms with Crippen LogP contribution < -0.4 is 5.32 Å². The maximum atomic E-state index is 5.59. The highest BCUT2D eigenvalue weighted by molar-refractivity contribution is 9.10. The molecule has 1 aliphatic carbocycles. The Bertz CT molecular complexity index is 383. The van der Waals surface area contributed by atoms with Gasteiger partial charge in [0, 0.05) is 23.7 Å². The second-order valence-electron chi connectivity index (χ2n) is 5.11. The van der Waals surface area contributed by atoms with Crippen molar-refractivity contribution in [3.63, 3.8) is 0 Å². The third-order valence-corrected chi connectivity index (χ3v) is 4.31. The molecule has 2 rings (SSSR count). The van der Waals surface area contributed by atoms with E-state index in [4.69, 9.17) is 4.74 Å². The minimum Gasteiger partial charge on any atom is -0.380 e. The van der Waals surface area contributed by atoms with E-state index in [1.54, 1.807) is 0 Å². The van der Waals surface area contributed by atoms with E-state index in [0.717, 1.165) is 4.47 Å².